The van der Waals surface area contributed by atoms with Crippen molar-refractivity contribution in [1.29, 1.82) is 0 Å². The molecule has 0 radical (unpaired) electrons. The van der Waals surface area contributed by atoms with Gasteiger partial charge in [-0.2, -0.15) is 5.10 Å². The zero-order chi connectivity index (χ0) is 14.3. The van der Waals surface area contributed by atoms with Crippen molar-refractivity contribution in [1.82, 2.24) is 14.8 Å². The largest absolute Gasteiger partial charge is 0.327 e. The number of carbonyl (C=O) groups excluding carboxylic acids is 1. The van der Waals surface area contributed by atoms with Gasteiger partial charge in [-0.3, -0.25) is 14.8 Å². The molecule has 0 spiro atoms. The fourth-order valence-corrected chi connectivity index (χ4v) is 3.38. The predicted octanol–water partition coefficient (Wildman–Crippen LogP) is 1.25. The van der Waals surface area contributed by atoms with E-state index >= 15 is 0 Å². The van der Waals surface area contributed by atoms with E-state index in [1.807, 2.05) is 14.0 Å². The highest BCUT2D eigenvalue weighted by atomic mass is 32.1. The molecule has 0 saturated heterocycles. The second-order valence-corrected chi connectivity index (χ2v) is 6.22. The number of thiazole rings is 1. The van der Waals surface area contributed by atoms with Gasteiger partial charge in [0.1, 0.15) is 0 Å². The molecule has 0 unspecified atom stereocenters. The second kappa shape index (κ2) is 4.99. The van der Waals surface area contributed by atoms with Gasteiger partial charge in [-0.25, -0.2) is 4.98 Å². The molecule has 6 nitrogen and oxygen atoms in total. The summed E-state index contributed by atoms with van der Waals surface area (Å²) >= 11 is 1.52. The van der Waals surface area contributed by atoms with E-state index in [2.05, 4.69) is 15.4 Å². The number of aromatic nitrogens is 3. The standard InChI is InChI=1S/C13H17N5OS/c1-7-5-10(17-18(7)2)12(19)16-13-15-9-4-3-8(14)6-11(9)20-13/h5,8H,3-4,6,14H2,1-2H3,(H,15,16,19)/t8-/m0/s1. The van der Waals surface area contributed by atoms with Gasteiger partial charge in [0, 0.05) is 23.7 Å². The third kappa shape index (κ3) is 2.46. The van der Waals surface area contributed by atoms with Crippen molar-refractivity contribution in [3.05, 3.63) is 28.0 Å². The summed E-state index contributed by atoms with van der Waals surface area (Å²) in [6, 6.07) is 1.98. The van der Waals surface area contributed by atoms with Crippen LogP contribution in [0.4, 0.5) is 5.13 Å². The first kappa shape index (κ1) is 13.3. The number of carbonyl (C=O) groups is 1. The molecule has 0 saturated carbocycles. The number of hydrogen-bond acceptors (Lipinski definition) is 5. The van der Waals surface area contributed by atoms with E-state index in [0.29, 0.717) is 10.8 Å². The molecule has 0 fully saturated rings. The van der Waals surface area contributed by atoms with Crippen LogP contribution in [0.5, 0.6) is 0 Å². The van der Waals surface area contributed by atoms with Crippen molar-refractivity contribution >= 4 is 22.4 Å². The van der Waals surface area contributed by atoms with E-state index in [4.69, 9.17) is 5.73 Å². The number of aryl methyl sites for hydroxylation is 3. The summed E-state index contributed by atoms with van der Waals surface area (Å²) in [5.41, 5.74) is 8.38. The molecule has 2 heterocycles. The van der Waals surface area contributed by atoms with Gasteiger partial charge in [0.25, 0.3) is 5.91 Å². The molecule has 106 valence electrons. The number of nitrogens with one attached hydrogen (secondary N) is 1. The first-order valence-electron chi connectivity index (χ1n) is 6.59. The molecule has 1 atom stereocenters. The lowest BCUT2D eigenvalue weighted by molar-refractivity contribution is 0.102. The number of nitrogens with zero attached hydrogens (tertiary/aromatic N) is 3. The smallest absolute Gasteiger partial charge is 0.277 e. The molecule has 1 aliphatic rings. The SMILES string of the molecule is Cc1cc(C(=O)Nc2nc3c(s2)C[C@@H](N)CC3)nn1C. The van der Waals surface area contributed by atoms with Crippen molar-refractivity contribution in [2.45, 2.75) is 32.2 Å². The number of amides is 1. The molecule has 1 aliphatic carbocycles. The van der Waals surface area contributed by atoms with Gasteiger partial charge in [-0.15, -0.1) is 11.3 Å². The number of anilines is 1. The summed E-state index contributed by atoms with van der Waals surface area (Å²) in [7, 11) is 1.82. The Balaban J connectivity index is 1.76. The quantitative estimate of drug-likeness (QED) is 0.872. The molecule has 7 heteroatoms. The van der Waals surface area contributed by atoms with Gasteiger partial charge in [0.15, 0.2) is 10.8 Å². The Morgan fingerprint density at radius 2 is 2.40 bits per heavy atom. The van der Waals surface area contributed by atoms with Crippen molar-refractivity contribution in [2.75, 3.05) is 5.32 Å². The van der Waals surface area contributed by atoms with Crippen LogP contribution >= 0.6 is 11.3 Å². The summed E-state index contributed by atoms with van der Waals surface area (Å²) in [5.74, 6) is -0.218. The van der Waals surface area contributed by atoms with Gasteiger partial charge in [-0.05, 0) is 32.3 Å². The van der Waals surface area contributed by atoms with Crippen LogP contribution in [0.1, 0.15) is 33.2 Å². The Bertz CT molecular complexity index is 640. The van der Waals surface area contributed by atoms with E-state index < -0.39 is 0 Å². The molecule has 3 N–H and O–H groups in total. The van der Waals surface area contributed by atoms with Gasteiger partial charge < -0.3 is 5.73 Å². The maximum absolute atomic E-state index is 12.1. The minimum absolute atomic E-state index is 0.213. The second-order valence-electron chi connectivity index (χ2n) is 5.14. The van der Waals surface area contributed by atoms with E-state index in [1.54, 1.807) is 10.7 Å². The summed E-state index contributed by atoms with van der Waals surface area (Å²) in [6.07, 6.45) is 2.71. The minimum Gasteiger partial charge on any atom is -0.327 e. The Morgan fingerprint density at radius 1 is 1.60 bits per heavy atom. The summed E-state index contributed by atoms with van der Waals surface area (Å²) in [5, 5.41) is 7.62. The predicted molar refractivity (Wildman–Crippen MR) is 78.0 cm³/mol. The van der Waals surface area contributed by atoms with E-state index in [1.165, 1.54) is 16.2 Å². The first-order valence-corrected chi connectivity index (χ1v) is 7.40. The molecule has 20 heavy (non-hydrogen) atoms. The van der Waals surface area contributed by atoms with Crippen LogP contribution in [0.3, 0.4) is 0 Å². The van der Waals surface area contributed by atoms with Gasteiger partial charge in [0.05, 0.1) is 5.69 Å². The van der Waals surface area contributed by atoms with E-state index in [0.717, 1.165) is 30.7 Å². The molecule has 0 aliphatic heterocycles. The van der Waals surface area contributed by atoms with E-state index in [-0.39, 0.29) is 11.9 Å². The number of rotatable bonds is 2. The monoisotopic (exact) mass is 291 g/mol. The van der Waals surface area contributed by atoms with Crippen molar-refractivity contribution in [3.8, 4) is 0 Å². The van der Waals surface area contributed by atoms with Crippen LogP contribution in [0, 0.1) is 6.92 Å². The van der Waals surface area contributed by atoms with Crippen LogP contribution in [0.25, 0.3) is 0 Å². The first-order chi connectivity index (χ1) is 9.52. The lowest BCUT2D eigenvalue weighted by atomic mass is 9.99. The van der Waals surface area contributed by atoms with Crippen LogP contribution < -0.4 is 11.1 Å². The van der Waals surface area contributed by atoms with Gasteiger partial charge in [0.2, 0.25) is 0 Å². The third-order valence-electron chi connectivity index (χ3n) is 3.54. The van der Waals surface area contributed by atoms with Crippen LogP contribution in [-0.4, -0.2) is 26.7 Å². The number of nitrogens with two attached hydrogens (primary N) is 1. The lowest BCUT2D eigenvalue weighted by Crippen LogP contribution is -2.27. The van der Waals surface area contributed by atoms with Crippen LogP contribution in [0.2, 0.25) is 0 Å². The lowest BCUT2D eigenvalue weighted by Gasteiger charge is -2.15. The average molecular weight is 291 g/mol. The Kier molecular flexibility index (Phi) is 3.31. The minimum atomic E-state index is -0.218. The number of hydrogen-bond donors (Lipinski definition) is 2. The molecule has 0 bridgehead atoms. The highest BCUT2D eigenvalue weighted by Gasteiger charge is 2.21. The summed E-state index contributed by atoms with van der Waals surface area (Å²) < 4.78 is 1.68. The Morgan fingerprint density at radius 3 is 3.10 bits per heavy atom. The van der Waals surface area contributed by atoms with Crippen LogP contribution in [-0.2, 0) is 19.9 Å². The third-order valence-corrected chi connectivity index (χ3v) is 4.58. The topological polar surface area (TPSA) is 85.8 Å². The molecule has 0 aromatic carbocycles. The maximum atomic E-state index is 12.1. The van der Waals surface area contributed by atoms with Gasteiger partial charge >= 0.3 is 0 Å². The Hall–Kier alpha value is -1.73. The summed E-state index contributed by atoms with van der Waals surface area (Å²) in [6.45, 7) is 1.91. The normalized spacial score (nSPS) is 17.9. The fourth-order valence-electron chi connectivity index (χ4n) is 2.29. The molecule has 3 rings (SSSR count). The fraction of sp³-hybridized carbons (Fsp3) is 0.462. The van der Waals surface area contributed by atoms with Crippen molar-refractivity contribution < 1.29 is 4.79 Å². The molecule has 2 aromatic rings. The highest BCUT2D eigenvalue weighted by molar-refractivity contribution is 7.15. The molecule has 2 aromatic heterocycles. The zero-order valence-corrected chi connectivity index (χ0v) is 12.3. The number of fused-ring (bicyclic) bond motifs is 1. The van der Waals surface area contributed by atoms with Gasteiger partial charge in [-0.1, -0.05) is 0 Å². The maximum Gasteiger partial charge on any atom is 0.277 e. The zero-order valence-electron chi connectivity index (χ0n) is 11.5. The molecular weight excluding hydrogens is 274 g/mol. The average Bonchev–Trinajstić information content (AvgIpc) is 2.93. The summed E-state index contributed by atoms with van der Waals surface area (Å²) in [4.78, 5) is 17.8. The van der Waals surface area contributed by atoms with Crippen molar-refractivity contribution in [2.24, 2.45) is 12.8 Å². The Labute approximate surface area is 121 Å². The molecule has 1 amide bonds. The van der Waals surface area contributed by atoms with Crippen molar-refractivity contribution in [3.63, 3.8) is 0 Å². The molecular formula is C13H17N5OS. The van der Waals surface area contributed by atoms with Crippen LogP contribution in [0.15, 0.2) is 6.07 Å². The van der Waals surface area contributed by atoms with E-state index in [9.17, 15) is 4.79 Å². The highest BCUT2D eigenvalue weighted by Crippen LogP contribution is 2.29.